The Balaban J connectivity index is 3.05. The summed E-state index contributed by atoms with van der Waals surface area (Å²) in [7, 11) is 1.40. The summed E-state index contributed by atoms with van der Waals surface area (Å²) in [5.41, 5.74) is -1.55. The standard InChI is InChI=1S/C9H8F3NO2/c1-15-7-4-2-6(3-5-7)8(13-14)9(10,11)12/h2-5,14H,1H3/b13-8-. The van der Waals surface area contributed by atoms with Crippen molar-refractivity contribution in [3.8, 4) is 5.75 Å². The third-order valence-electron chi connectivity index (χ3n) is 1.73. The molecule has 0 saturated heterocycles. The van der Waals surface area contributed by atoms with E-state index in [0.29, 0.717) is 5.75 Å². The first-order valence-corrected chi connectivity index (χ1v) is 3.92. The smallest absolute Gasteiger partial charge is 0.437 e. The van der Waals surface area contributed by atoms with Gasteiger partial charge in [-0.2, -0.15) is 13.2 Å². The van der Waals surface area contributed by atoms with Crippen LogP contribution in [0.1, 0.15) is 5.56 Å². The van der Waals surface area contributed by atoms with Gasteiger partial charge in [-0.15, -0.1) is 0 Å². The summed E-state index contributed by atoms with van der Waals surface area (Å²) in [4.78, 5) is 0. The fourth-order valence-corrected chi connectivity index (χ4v) is 1.03. The lowest BCUT2D eigenvalue weighted by atomic mass is 10.1. The minimum Gasteiger partial charge on any atom is -0.497 e. The Morgan fingerprint density at radius 3 is 2.13 bits per heavy atom. The van der Waals surface area contributed by atoms with Gasteiger partial charge in [0.2, 0.25) is 0 Å². The number of hydrogen-bond acceptors (Lipinski definition) is 3. The summed E-state index contributed by atoms with van der Waals surface area (Å²) in [6.45, 7) is 0. The third-order valence-corrected chi connectivity index (χ3v) is 1.73. The van der Waals surface area contributed by atoms with Gasteiger partial charge in [-0.1, -0.05) is 5.16 Å². The van der Waals surface area contributed by atoms with E-state index in [1.807, 2.05) is 0 Å². The fourth-order valence-electron chi connectivity index (χ4n) is 1.03. The van der Waals surface area contributed by atoms with Gasteiger partial charge >= 0.3 is 6.18 Å². The van der Waals surface area contributed by atoms with Crippen LogP contribution in [0.2, 0.25) is 0 Å². The molecule has 0 unspecified atom stereocenters. The zero-order valence-electron chi connectivity index (χ0n) is 7.75. The fraction of sp³-hybridized carbons (Fsp3) is 0.222. The van der Waals surface area contributed by atoms with Crippen molar-refractivity contribution in [2.24, 2.45) is 5.16 Å². The number of oxime groups is 1. The first-order valence-electron chi connectivity index (χ1n) is 3.92. The molecule has 0 spiro atoms. The van der Waals surface area contributed by atoms with E-state index in [0.717, 1.165) is 0 Å². The van der Waals surface area contributed by atoms with Crippen molar-refractivity contribution >= 4 is 5.71 Å². The number of halogens is 3. The van der Waals surface area contributed by atoms with E-state index in [1.165, 1.54) is 31.4 Å². The van der Waals surface area contributed by atoms with Crippen LogP contribution in [0.5, 0.6) is 5.75 Å². The van der Waals surface area contributed by atoms with Crippen LogP contribution in [-0.2, 0) is 0 Å². The Morgan fingerprint density at radius 2 is 1.80 bits per heavy atom. The summed E-state index contributed by atoms with van der Waals surface area (Å²) in [6.07, 6.45) is -4.68. The van der Waals surface area contributed by atoms with E-state index in [2.05, 4.69) is 5.16 Å². The monoisotopic (exact) mass is 219 g/mol. The highest BCUT2D eigenvalue weighted by Crippen LogP contribution is 2.23. The SMILES string of the molecule is COc1ccc(/C(=N/O)C(F)(F)F)cc1. The summed E-state index contributed by atoms with van der Waals surface area (Å²) >= 11 is 0. The van der Waals surface area contributed by atoms with Gasteiger partial charge in [0.15, 0.2) is 5.71 Å². The van der Waals surface area contributed by atoms with Crippen LogP contribution in [-0.4, -0.2) is 24.2 Å². The van der Waals surface area contributed by atoms with Gasteiger partial charge in [0, 0.05) is 5.56 Å². The predicted molar refractivity (Wildman–Crippen MR) is 47.4 cm³/mol. The molecule has 0 aliphatic heterocycles. The second kappa shape index (κ2) is 4.20. The van der Waals surface area contributed by atoms with E-state index < -0.39 is 11.9 Å². The molecule has 15 heavy (non-hydrogen) atoms. The summed E-state index contributed by atoms with van der Waals surface area (Å²) in [5, 5.41) is 10.5. The molecule has 3 nitrogen and oxygen atoms in total. The van der Waals surface area contributed by atoms with Gasteiger partial charge in [-0.05, 0) is 24.3 Å². The molecule has 0 amide bonds. The lowest BCUT2D eigenvalue weighted by Gasteiger charge is -2.08. The van der Waals surface area contributed by atoms with Gasteiger partial charge < -0.3 is 9.94 Å². The molecule has 1 rings (SSSR count). The molecule has 0 atom stereocenters. The summed E-state index contributed by atoms with van der Waals surface area (Å²) in [6, 6.07) is 5.04. The molecular formula is C9H8F3NO2. The molecule has 1 aromatic carbocycles. The van der Waals surface area contributed by atoms with Gasteiger partial charge in [-0.3, -0.25) is 0 Å². The van der Waals surface area contributed by atoms with Gasteiger partial charge in [0.05, 0.1) is 7.11 Å². The number of rotatable bonds is 2. The van der Waals surface area contributed by atoms with Crippen LogP contribution >= 0.6 is 0 Å². The van der Waals surface area contributed by atoms with Crippen molar-refractivity contribution in [1.29, 1.82) is 0 Å². The van der Waals surface area contributed by atoms with Crippen molar-refractivity contribution < 1.29 is 23.1 Å². The Kier molecular flexibility index (Phi) is 3.18. The van der Waals surface area contributed by atoms with Crippen LogP contribution in [0, 0.1) is 0 Å². The number of hydrogen-bond donors (Lipinski definition) is 1. The highest BCUT2D eigenvalue weighted by atomic mass is 19.4. The minimum atomic E-state index is -4.68. The van der Waals surface area contributed by atoms with Gasteiger partial charge in [-0.25, -0.2) is 0 Å². The topological polar surface area (TPSA) is 41.8 Å². The minimum absolute atomic E-state index is 0.217. The molecule has 0 fully saturated rings. The first kappa shape index (κ1) is 11.4. The van der Waals surface area contributed by atoms with E-state index in [-0.39, 0.29) is 5.56 Å². The number of nitrogens with zero attached hydrogens (tertiary/aromatic N) is 1. The molecule has 0 aliphatic rings. The number of alkyl halides is 3. The maximum atomic E-state index is 12.3. The highest BCUT2D eigenvalue weighted by molar-refractivity contribution is 6.04. The molecule has 82 valence electrons. The molecule has 6 heteroatoms. The van der Waals surface area contributed by atoms with Crippen molar-refractivity contribution in [2.75, 3.05) is 7.11 Å². The Morgan fingerprint density at radius 1 is 1.27 bits per heavy atom. The second-order valence-electron chi connectivity index (χ2n) is 2.67. The van der Waals surface area contributed by atoms with E-state index in [9.17, 15) is 13.2 Å². The number of benzene rings is 1. The quantitative estimate of drug-likeness (QED) is 0.471. The average molecular weight is 219 g/mol. The molecule has 1 aromatic rings. The predicted octanol–water partition coefficient (Wildman–Crippen LogP) is 2.44. The Bertz CT molecular complexity index is 357. The maximum absolute atomic E-state index is 12.3. The largest absolute Gasteiger partial charge is 0.497 e. The van der Waals surface area contributed by atoms with E-state index >= 15 is 0 Å². The lowest BCUT2D eigenvalue weighted by Crippen LogP contribution is -2.23. The normalized spacial score (nSPS) is 12.7. The van der Waals surface area contributed by atoms with Crippen LogP contribution < -0.4 is 4.74 Å². The van der Waals surface area contributed by atoms with E-state index in [1.54, 1.807) is 0 Å². The van der Waals surface area contributed by atoms with Crippen LogP contribution in [0.15, 0.2) is 29.4 Å². The molecule has 1 N–H and O–H groups in total. The molecular weight excluding hydrogens is 211 g/mol. The lowest BCUT2D eigenvalue weighted by molar-refractivity contribution is -0.0601. The van der Waals surface area contributed by atoms with Crippen LogP contribution in [0.4, 0.5) is 13.2 Å². The van der Waals surface area contributed by atoms with Crippen LogP contribution in [0.25, 0.3) is 0 Å². The second-order valence-corrected chi connectivity index (χ2v) is 2.67. The molecule has 0 saturated carbocycles. The molecule has 0 radical (unpaired) electrons. The summed E-state index contributed by atoms with van der Waals surface area (Å²) < 4.78 is 41.6. The molecule has 0 aromatic heterocycles. The van der Waals surface area contributed by atoms with Crippen molar-refractivity contribution in [1.82, 2.24) is 0 Å². The average Bonchev–Trinajstić information content (AvgIpc) is 2.18. The summed E-state index contributed by atoms with van der Waals surface area (Å²) in [5.74, 6) is 0.429. The Labute approximate surface area is 83.8 Å². The molecule has 0 bridgehead atoms. The van der Waals surface area contributed by atoms with Crippen molar-refractivity contribution in [3.63, 3.8) is 0 Å². The molecule has 0 heterocycles. The number of ether oxygens (including phenoxy) is 1. The van der Waals surface area contributed by atoms with E-state index in [4.69, 9.17) is 9.94 Å². The third kappa shape index (κ3) is 2.61. The van der Waals surface area contributed by atoms with Gasteiger partial charge in [0.1, 0.15) is 5.75 Å². The van der Waals surface area contributed by atoms with Crippen LogP contribution in [0.3, 0.4) is 0 Å². The van der Waals surface area contributed by atoms with Gasteiger partial charge in [0.25, 0.3) is 0 Å². The van der Waals surface area contributed by atoms with Crippen molar-refractivity contribution in [2.45, 2.75) is 6.18 Å². The highest BCUT2D eigenvalue weighted by Gasteiger charge is 2.37. The number of methoxy groups -OCH3 is 1. The molecule has 0 aliphatic carbocycles. The van der Waals surface area contributed by atoms with Crippen molar-refractivity contribution in [3.05, 3.63) is 29.8 Å². The Hall–Kier alpha value is -1.72. The zero-order valence-corrected chi connectivity index (χ0v) is 7.75. The maximum Gasteiger partial charge on any atom is 0.437 e. The zero-order chi connectivity index (χ0) is 11.5. The first-order chi connectivity index (χ1) is 6.99.